The molecule has 2 rings (SSSR count). The summed E-state index contributed by atoms with van der Waals surface area (Å²) in [6, 6.07) is 12.5. The molecule has 0 heterocycles. The number of benzene rings is 2. The largest absolute Gasteiger partial charge is 0.508 e. The second-order valence-electron chi connectivity index (χ2n) is 4.39. The number of ether oxygens (including phenoxy) is 1. The van der Waals surface area contributed by atoms with Crippen LogP contribution in [0.5, 0.6) is 17.2 Å². The minimum absolute atomic E-state index is 0. The van der Waals surface area contributed by atoms with Gasteiger partial charge in [0.1, 0.15) is 23.3 Å². The molecule has 1 atom stereocenters. The minimum Gasteiger partial charge on any atom is -0.508 e. The third kappa shape index (κ3) is 8.35. The summed E-state index contributed by atoms with van der Waals surface area (Å²) in [4.78, 5) is 10.7. The van der Waals surface area contributed by atoms with Crippen LogP contribution in [0.1, 0.15) is 5.56 Å². The van der Waals surface area contributed by atoms with Crippen molar-refractivity contribution in [1.82, 2.24) is 0 Å². The van der Waals surface area contributed by atoms with Crippen molar-refractivity contribution in [2.45, 2.75) is 12.5 Å². The molecule has 2 aromatic rings. The van der Waals surface area contributed by atoms with Crippen molar-refractivity contribution in [1.29, 1.82) is 0 Å². The van der Waals surface area contributed by atoms with E-state index in [0.29, 0.717) is 11.5 Å². The molecule has 0 fully saturated rings. The van der Waals surface area contributed by atoms with E-state index < -0.39 is 12.0 Å². The molecule has 2 aromatic carbocycles. The summed E-state index contributed by atoms with van der Waals surface area (Å²) >= 11 is 0. The molecule has 0 saturated heterocycles. The lowest BCUT2D eigenvalue weighted by atomic mass is 10.1. The van der Waals surface area contributed by atoms with Gasteiger partial charge in [0.15, 0.2) is 0 Å². The third-order valence-electron chi connectivity index (χ3n) is 2.77. The van der Waals surface area contributed by atoms with Gasteiger partial charge < -0.3 is 20.7 Å². The first-order chi connectivity index (χ1) is 9.54. The van der Waals surface area contributed by atoms with E-state index in [2.05, 4.69) is 0 Å². The predicted molar refractivity (Wildman–Crippen MR) is 120 cm³/mol. The number of aromatic hydroxyl groups is 1. The van der Waals surface area contributed by atoms with Crippen molar-refractivity contribution < 1.29 is 19.7 Å². The summed E-state index contributed by atoms with van der Waals surface area (Å²) in [5.41, 5.74) is 6.30. The molecule has 8 heteroatoms. The van der Waals surface area contributed by atoms with Crippen LogP contribution in [-0.4, -0.2) is 22.2 Å². The average molecular weight is 657 g/mol. The van der Waals surface area contributed by atoms with Crippen molar-refractivity contribution in [3.05, 3.63) is 54.1 Å². The quantitative estimate of drug-likeness (QED) is 0.424. The average Bonchev–Trinajstić information content (AvgIpc) is 2.43. The third-order valence-corrected chi connectivity index (χ3v) is 2.77. The summed E-state index contributed by atoms with van der Waals surface area (Å²) < 4.78 is 5.58. The number of aliphatic carboxylic acids is 1. The van der Waals surface area contributed by atoms with Crippen LogP contribution < -0.4 is 10.5 Å². The smallest absolute Gasteiger partial charge is 0.320 e. The molecular weight excluding hydrogens is 639 g/mol. The van der Waals surface area contributed by atoms with Gasteiger partial charge in [-0.1, -0.05) is 12.1 Å². The molecule has 4 N–H and O–H groups in total. The summed E-state index contributed by atoms with van der Waals surface area (Å²) in [6.45, 7) is 0. The Morgan fingerprint density at radius 1 is 0.957 bits per heavy atom. The van der Waals surface area contributed by atoms with Gasteiger partial charge in [-0.25, -0.2) is 0 Å². The Balaban J connectivity index is 0. The van der Waals surface area contributed by atoms with Gasteiger partial charge >= 0.3 is 5.97 Å². The van der Waals surface area contributed by atoms with E-state index in [0.717, 1.165) is 5.56 Å². The molecule has 0 bridgehead atoms. The Morgan fingerprint density at radius 2 is 1.39 bits per heavy atom. The first kappa shape index (κ1) is 24.9. The van der Waals surface area contributed by atoms with Crippen molar-refractivity contribution >= 4 is 77.9 Å². The standard InChI is InChI=1S/C15H15NO4.3HI/c16-14(15(18)19)9-10-1-5-12(6-2-10)20-13-7-3-11(17)4-8-13;;;/h1-8,14,17H,9,16H2,(H,18,19);3*1H/t14-;;;/m0.../s1. The van der Waals surface area contributed by atoms with Gasteiger partial charge in [-0.3, -0.25) is 4.79 Å². The second kappa shape index (κ2) is 12.1. The van der Waals surface area contributed by atoms with Crippen LogP contribution >= 0.6 is 71.9 Å². The van der Waals surface area contributed by atoms with Gasteiger partial charge in [0.25, 0.3) is 0 Å². The Kier molecular flexibility index (Phi) is 13.1. The van der Waals surface area contributed by atoms with Gasteiger partial charge in [-0.15, -0.1) is 71.9 Å². The van der Waals surface area contributed by atoms with Crippen LogP contribution in [0.25, 0.3) is 0 Å². The predicted octanol–water partition coefficient (Wildman–Crippen LogP) is 3.99. The first-order valence-electron chi connectivity index (χ1n) is 6.09. The van der Waals surface area contributed by atoms with Crippen molar-refractivity contribution in [3.63, 3.8) is 0 Å². The number of carboxylic acid groups (broad SMARTS) is 1. The summed E-state index contributed by atoms with van der Waals surface area (Å²) in [7, 11) is 0. The highest BCUT2D eigenvalue weighted by Gasteiger charge is 2.11. The van der Waals surface area contributed by atoms with Crippen LogP contribution in [0.4, 0.5) is 0 Å². The van der Waals surface area contributed by atoms with Gasteiger partial charge in [0, 0.05) is 0 Å². The van der Waals surface area contributed by atoms with E-state index in [9.17, 15) is 9.90 Å². The normalized spacial score (nSPS) is 10.3. The van der Waals surface area contributed by atoms with Gasteiger partial charge in [0.2, 0.25) is 0 Å². The molecule has 0 amide bonds. The molecule has 0 unspecified atom stereocenters. The highest BCUT2D eigenvalue weighted by molar-refractivity contribution is 14.0. The topological polar surface area (TPSA) is 92.8 Å². The van der Waals surface area contributed by atoms with Crippen molar-refractivity contribution in [3.8, 4) is 17.2 Å². The Bertz CT molecular complexity index is 591. The maximum atomic E-state index is 10.7. The lowest BCUT2D eigenvalue weighted by Crippen LogP contribution is -2.32. The summed E-state index contributed by atoms with van der Waals surface area (Å²) in [5, 5.41) is 17.9. The summed E-state index contributed by atoms with van der Waals surface area (Å²) in [5.74, 6) is 0.394. The maximum Gasteiger partial charge on any atom is 0.320 e. The zero-order chi connectivity index (χ0) is 14.5. The molecule has 0 aromatic heterocycles. The molecule has 0 radical (unpaired) electrons. The number of rotatable bonds is 5. The van der Waals surface area contributed by atoms with E-state index >= 15 is 0 Å². The van der Waals surface area contributed by atoms with E-state index in [1.54, 1.807) is 36.4 Å². The van der Waals surface area contributed by atoms with Crippen LogP contribution in [0.2, 0.25) is 0 Å². The number of carboxylic acids is 1. The van der Waals surface area contributed by atoms with Crippen molar-refractivity contribution in [2.24, 2.45) is 5.73 Å². The lowest BCUT2D eigenvalue weighted by molar-refractivity contribution is -0.138. The fourth-order valence-electron chi connectivity index (χ4n) is 1.69. The molecule has 0 saturated carbocycles. The van der Waals surface area contributed by atoms with Gasteiger partial charge in [-0.05, 0) is 48.4 Å². The number of phenols is 1. The van der Waals surface area contributed by atoms with Gasteiger partial charge in [0.05, 0.1) is 0 Å². The Labute approximate surface area is 185 Å². The number of carbonyl (C=O) groups is 1. The molecule has 23 heavy (non-hydrogen) atoms. The lowest BCUT2D eigenvalue weighted by Gasteiger charge is -2.08. The monoisotopic (exact) mass is 657 g/mol. The van der Waals surface area contributed by atoms with Crippen molar-refractivity contribution in [2.75, 3.05) is 0 Å². The van der Waals surface area contributed by atoms with E-state index in [4.69, 9.17) is 15.6 Å². The number of nitrogens with two attached hydrogens (primary N) is 1. The molecule has 0 spiro atoms. The van der Waals surface area contributed by atoms with Crippen LogP contribution in [-0.2, 0) is 11.2 Å². The first-order valence-corrected chi connectivity index (χ1v) is 6.09. The highest BCUT2D eigenvalue weighted by Crippen LogP contribution is 2.23. The van der Waals surface area contributed by atoms with Crippen LogP contribution in [0, 0.1) is 0 Å². The number of hydrogen-bond acceptors (Lipinski definition) is 4. The number of hydrogen-bond donors (Lipinski definition) is 3. The number of phenolic OH excluding ortho intramolecular Hbond substituents is 1. The molecule has 0 aliphatic rings. The molecule has 5 nitrogen and oxygen atoms in total. The Hall–Kier alpha value is -0.340. The van der Waals surface area contributed by atoms with Crippen LogP contribution in [0.3, 0.4) is 0 Å². The van der Waals surface area contributed by atoms with E-state index in [1.807, 2.05) is 0 Å². The zero-order valence-electron chi connectivity index (χ0n) is 11.9. The SMILES string of the molecule is I.I.I.N[C@@H](Cc1ccc(Oc2ccc(O)cc2)cc1)C(=O)O. The summed E-state index contributed by atoms with van der Waals surface area (Å²) in [6.07, 6.45) is 0.273. The molecule has 128 valence electrons. The maximum absolute atomic E-state index is 10.7. The molecule has 0 aliphatic carbocycles. The van der Waals surface area contributed by atoms with Crippen LogP contribution in [0.15, 0.2) is 48.5 Å². The number of halogens is 3. The minimum atomic E-state index is -1.02. The van der Waals surface area contributed by atoms with E-state index in [-0.39, 0.29) is 84.1 Å². The van der Waals surface area contributed by atoms with Gasteiger partial charge in [-0.2, -0.15) is 0 Å². The highest BCUT2D eigenvalue weighted by atomic mass is 127. The molecule has 0 aliphatic heterocycles. The fraction of sp³-hybridized carbons (Fsp3) is 0.133. The zero-order valence-corrected chi connectivity index (χ0v) is 18.9. The molecular formula is C15H18I3NO4. The second-order valence-corrected chi connectivity index (χ2v) is 4.39. The van der Waals surface area contributed by atoms with E-state index in [1.165, 1.54) is 12.1 Å². The fourth-order valence-corrected chi connectivity index (χ4v) is 1.69. The Morgan fingerprint density at radius 3 is 1.83 bits per heavy atom.